The van der Waals surface area contributed by atoms with Crippen LogP contribution in [0.1, 0.15) is 25.3 Å². The predicted octanol–water partition coefficient (Wildman–Crippen LogP) is 3.31. The summed E-state index contributed by atoms with van der Waals surface area (Å²) in [5.74, 6) is 0.747. The topological polar surface area (TPSA) is 66.0 Å². The first kappa shape index (κ1) is 15.8. The molecule has 20 heavy (non-hydrogen) atoms. The minimum Gasteiger partial charge on any atom is -0.491 e. The third-order valence-electron chi connectivity index (χ3n) is 2.57. The highest BCUT2D eigenvalue weighted by molar-refractivity contribution is 5.62. The van der Waals surface area contributed by atoms with Crippen molar-refractivity contribution < 1.29 is 9.47 Å². The minimum absolute atomic E-state index is 0.0861. The molecule has 0 saturated heterocycles. The van der Waals surface area contributed by atoms with E-state index in [9.17, 15) is 0 Å². The average molecular weight is 270 g/mol. The maximum Gasteiger partial charge on any atom is 0.130 e. The van der Waals surface area contributed by atoms with E-state index >= 15 is 0 Å². The maximum absolute atomic E-state index is 8.67. The fourth-order valence-corrected chi connectivity index (χ4v) is 1.48. The first-order valence-corrected chi connectivity index (χ1v) is 6.62. The fourth-order valence-electron chi connectivity index (χ4n) is 1.48. The minimum atomic E-state index is 0.0861. The van der Waals surface area contributed by atoms with Crippen LogP contribution in [0.5, 0.6) is 5.75 Å². The van der Waals surface area contributed by atoms with Gasteiger partial charge >= 0.3 is 0 Å². The summed E-state index contributed by atoms with van der Waals surface area (Å²) >= 11 is 0. The van der Waals surface area contributed by atoms with Crippen LogP contribution in [0, 0.1) is 22.7 Å². The largest absolute Gasteiger partial charge is 0.491 e. The number of hydrogen-bond acceptors (Lipinski definition) is 4. The van der Waals surface area contributed by atoms with Crippen LogP contribution in [0.3, 0.4) is 0 Å². The van der Waals surface area contributed by atoms with Crippen molar-refractivity contribution in [2.45, 2.75) is 19.8 Å². The Morgan fingerprint density at radius 3 is 2.40 bits per heavy atom. The van der Waals surface area contributed by atoms with Crippen molar-refractivity contribution in [3.8, 4) is 17.9 Å². The van der Waals surface area contributed by atoms with Gasteiger partial charge in [0.05, 0.1) is 6.61 Å². The van der Waals surface area contributed by atoms with E-state index in [-0.39, 0.29) is 5.57 Å². The van der Waals surface area contributed by atoms with Crippen molar-refractivity contribution in [1.82, 2.24) is 0 Å². The average Bonchev–Trinajstić information content (AvgIpc) is 2.49. The molecule has 0 N–H and O–H groups in total. The highest BCUT2D eigenvalue weighted by Gasteiger charge is 1.97. The molecule has 0 aliphatic carbocycles. The zero-order valence-corrected chi connectivity index (χ0v) is 11.6. The van der Waals surface area contributed by atoms with Gasteiger partial charge in [-0.15, -0.1) is 0 Å². The van der Waals surface area contributed by atoms with Crippen LogP contribution in [0.4, 0.5) is 0 Å². The molecular formula is C16H18N2O2. The third kappa shape index (κ3) is 6.04. The summed E-state index contributed by atoms with van der Waals surface area (Å²) in [6.07, 6.45) is 3.74. The summed E-state index contributed by atoms with van der Waals surface area (Å²) in [6.45, 7) is 3.99. The summed E-state index contributed by atoms with van der Waals surface area (Å²) in [4.78, 5) is 0. The Morgan fingerprint density at radius 1 is 1.10 bits per heavy atom. The van der Waals surface area contributed by atoms with E-state index < -0.39 is 0 Å². The van der Waals surface area contributed by atoms with E-state index in [1.54, 1.807) is 0 Å². The SMILES string of the molecule is CCCCOCCOc1ccc(C=C(C#N)C#N)cc1. The van der Waals surface area contributed by atoms with Crippen molar-refractivity contribution in [2.75, 3.05) is 19.8 Å². The molecule has 0 aliphatic heterocycles. The van der Waals surface area contributed by atoms with Gasteiger partial charge in [0.15, 0.2) is 0 Å². The van der Waals surface area contributed by atoms with Crippen LogP contribution in [0.15, 0.2) is 29.8 Å². The highest BCUT2D eigenvalue weighted by atomic mass is 16.5. The first-order valence-electron chi connectivity index (χ1n) is 6.62. The molecule has 0 radical (unpaired) electrons. The Balaban J connectivity index is 2.38. The van der Waals surface area contributed by atoms with Gasteiger partial charge in [-0.05, 0) is 30.2 Å². The Labute approximate surface area is 119 Å². The molecule has 0 fully saturated rings. The summed E-state index contributed by atoms with van der Waals surface area (Å²) in [5.41, 5.74) is 0.887. The normalized spacial score (nSPS) is 9.35. The van der Waals surface area contributed by atoms with Crippen LogP contribution in [0.2, 0.25) is 0 Å². The molecule has 0 saturated carbocycles. The van der Waals surface area contributed by atoms with E-state index in [1.165, 1.54) is 6.08 Å². The molecule has 0 heterocycles. The lowest BCUT2D eigenvalue weighted by Crippen LogP contribution is -2.07. The lowest BCUT2D eigenvalue weighted by atomic mass is 10.1. The molecule has 4 nitrogen and oxygen atoms in total. The van der Waals surface area contributed by atoms with E-state index in [1.807, 2.05) is 36.4 Å². The van der Waals surface area contributed by atoms with Crippen LogP contribution < -0.4 is 4.74 Å². The lowest BCUT2D eigenvalue weighted by Gasteiger charge is -2.07. The number of unbranched alkanes of at least 4 members (excludes halogenated alkanes) is 1. The number of nitrogens with zero attached hydrogens (tertiary/aromatic N) is 2. The number of allylic oxidation sites excluding steroid dienone is 1. The molecule has 0 unspecified atom stereocenters. The van der Waals surface area contributed by atoms with Gasteiger partial charge < -0.3 is 9.47 Å². The standard InChI is InChI=1S/C16H18N2O2/c1-2-3-8-19-9-10-20-16-6-4-14(5-7-16)11-15(12-17)13-18/h4-7,11H,2-3,8-10H2,1H3. The van der Waals surface area contributed by atoms with E-state index in [0.29, 0.717) is 13.2 Å². The van der Waals surface area contributed by atoms with Crippen molar-refractivity contribution in [1.29, 1.82) is 10.5 Å². The number of benzene rings is 1. The van der Waals surface area contributed by atoms with Crippen LogP contribution >= 0.6 is 0 Å². The molecular weight excluding hydrogens is 252 g/mol. The van der Waals surface area contributed by atoms with Gasteiger partial charge in [-0.1, -0.05) is 25.5 Å². The number of hydrogen-bond donors (Lipinski definition) is 0. The molecule has 1 aromatic rings. The van der Waals surface area contributed by atoms with Gasteiger partial charge in [0, 0.05) is 6.61 Å². The van der Waals surface area contributed by atoms with Crippen molar-refractivity contribution in [2.24, 2.45) is 0 Å². The number of nitriles is 2. The molecule has 0 aliphatic rings. The highest BCUT2D eigenvalue weighted by Crippen LogP contribution is 2.14. The Hall–Kier alpha value is -2.30. The molecule has 0 bridgehead atoms. The van der Waals surface area contributed by atoms with Gasteiger partial charge in [0.25, 0.3) is 0 Å². The van der Waals surface area contributed by atoms with Crippen molar-refractivity contribution >= 4 is 6.08 Å². The van der Waals surface area contributed by atoms with Gasteiger partial charge in [0.1, 0.15) is 30.1 Å². The number of rotatable bonds is 8. The molecule has 1 rings (SSSR count). The predicted molar refractivity (Wildman–Crippen MR) is 76.9 cm³/mol. The molecule has 0 aromatic heterocycles. The Kier molecular flexibility index (Phi) is 7.57. The molecule has 0 spiro atoms. The van der Waals surface area contributed by atoms with Crippen molar-refractivity contribution in [3.05, 3.63) is 35.4 Å². The molecule has 1 aromatic carbocycles. The quantitative estimate of drug-likeness (QED) is 0.537. The van der Waals surface area contributed by atoms with Gasteiger partial charge in [0.2, 0.25) is 0 Å². The van der Waals surface area contributed by atoms with Crippen LogP contribution in [0.25, 0.3) is 6.08 Å². The second kappa shape index (κ2) is 9.61. The summed E-state index contributed by atoms with van der Waals surface area (Å²) in [5, 5.41) is 17.3. The Morgan fingerprint density at radius 2 is 1.80 bits per heavy atom. The monoisotopic (exact) mass is 270 g/mol. The fraction of sp³-hybridized carbons (Fsp3) is 0.375. The molecule has 104 valence electrons. The van der Waals surface area contributed by atoms with Crippen LogP contribution in [-0.2, 0) is 4.74 Å². The molecule has 4 heteroatoms. The first-order chi connectivity index (χ1) is 9.80. The van der Waals surface area contributed by atoms with Gasteiger partial charge in [-0.2, -0.15) is 10.5 Å². The second-order valence-electron chi connectivity index (χ2n) is 4.17. The van der Waals surface area contributed by atoms with E-state index in [4.69, 9.17) is 20.0 Å². The number of ether oxygens (including phenoxy) is 2. The van der Waals surface area contributed by atoms with Gasteiger partial charge in [-0.25, -0.2) is 0 Å². The lowest BCUT2D eigenvalue weighted by molar-refractivity contribution is 0.0980. The summed E-state index contributed by atoms with van der Waals surface area (Å²) in [6, 6.07) is 10.9. The van der Waals surface area contributed by atoms with E-state index in [0.717, 1.165) is 30.8 Å². The maximum atomic E-state index is 8.67. The Bertz CT molecular complexity index is 491. The zero-order chi connectivity index (χ0) is 14.6. The zero-order valence-electron chi connectivity index (χ0n) is 11.6. The molecule has 0 atom stereocenters. The van der Waals surface area contributed by atoms with Crippen molar-refractivity contribution in [3.63, 3.8) is 0 Å². The third-order valence-corrected chi connectivity index (χ3v) is 2.57. The van der Waals surface area contributed by atoms with Crippen LogP contribution in [-0.4, -0.2) is 19.8 Å². The van der Waals surface area contributed by atoms with E-state index in [2.05, 4.69) is 6.92 Å². The summed E-state index contributed by atoms with van der Waals surface area (Å²) < 4.78 is 10.9. The smallest absolute Gasteiger partial charge is 0.130 e. The second-order valence-corrected chi connectivity index (χ2v) is 4.17. The summed E-state index contributed by atoms with van der Waals surface area (Å²) in [7, 11) is 0. The molecule has 0 amide bonds. The van der Waals surface area contributed by atoms with Gasteiger partial charge in [-0.3, -0.25) is 0 Å².